The van der Waals surface area contributed by atoms with Crippen molar-refractivity contribution in [3.8, 4) is 0 Å². The summed E-state index contributed by atoms with van der Waals surface area (Å²) in [6, 6.07) is 7.20. The van der Waals surface area contributed by atoms with Crippen LogP contribution in [0.5, 0.6) is 0 Å². The molecule has 0 fully saturated rings. The molecule has 3 heteroatoms. The first-order valence-electron chi connectivity index (χ1n) is 6.73. The van der Waals surface area contributed by atoms with Crippen LogP contribution in [0.25, 0.3) is 11.0 Å². The number of aryl methyl sites for hydroxylation is 3. The van der Waals surface area contributed by atoms with Crippen LogP contribution in [0.2, 0.25) is 0 Å². The Kier molecular flexibility index (Phi) is 4.02. The zero-order valence-corrected chi connectivity index (χ0v) is 11.8. The van der Waals surface area contributed by atoms with Crippen molar-refractivity contribution in [1.82, 2.24) is 14.9 Å². The highest BCUT2D eigenvalue weighted by molar-refractivity contribution is 5.76. The van der Waals surface area contributed by atoms with Crippen molar-refractivity contribution in [3.63, 3.8) is 0 Å². The van der Waals surface area contributed by atoms with Crippen LogP contribution >= 0.6 is 0 Å². The lowest BCUT2D eigenvalue weighted by Gasteiger charge is -2.07. The van der Waals surface area contributed by atoms with Crippen LogP contribution in [0.15, 0.2) is 18.2 Å². The van der Waals surface area contributed by atoms with Gasteiger partial charge in [-0.05, 0) is 44.0 Å². The summed E-state index contributed by atoms with van der Waals surface area (Å²) in [6.45, 7) is 7.49. The van der Waals surface area contributed by atoms with Crippen molar-refractivity contribution in [2.45, 2.75) is 39.7 Å². The first kappa shape index (κ1) is 13.1. The highest BCUT2D eigenvalue weighted by Gasteiger charge is 2.04. The summed E-state index contributed by atoms with van der Waals surface area (Å²) < 4.78 is 2.14. The van der Waals surface area contributed by atoms with Gasteiger partial charge in [-0.1, -0.05) is 19.9 Å². The summed E-state index contributed by atoms with van der Waals surface area (Å²) in [7, 11) is 2.07. The number of hydrogen-bond donors (Lipinski definition) is 1. The fourth-order valence-electron chi connectivity index (χ4n) is 2.20. The quantitative estimate of drug-likeness (QED) is 0.821. The van der Waals surface area contributed by atoms with Gasteiger partial charge in [0.15, 0.2) is 0 Å². The molecule has 0 unspecified atom stereocenters. The minimum absolute atomic E-state index is 0.575. The van der Waals surface area contributed by atoms with Crippen LogP contribution < -0.4 is 5.32 Å². The topological polar surface area (TPSA) is 29.9 Å². The number of benzene rings is 1. The number of aromatic nitrogens is 2. The second kappa shape index (κ2) is 5.53. The first-order valence-corrected chi connectivity index (χ1v) is 6.73. The molecule has 0 saturated carbocycles. The molecule has 3 nitrogen and oxygen atoms in total. The van der Waals surface area contributed by atoms with E-state index < -0.39 is 0 Å². The molecular formula is C15H23N3. The summed E-state index contributed by atoms with van der Waals surface area (Å²) in [5.41, 5.74) is 3.71. The maximum atomic E-state index is 4.58. The lowest BCUT2D eigenvalue weighted by atomic mass is 10.1. The molecular weight excluding hydrogens is 222 g/mol. The minimum atomic E-state index is 0.575. The number of imidazole rings is 1. The van der Waals surface area contributed by atoms with Crippen LogP contribution in [0, 0.1) is 6.92 Å². The van der Waals surface area contributed by atoms with Crippen molar-refractivity contribution in [1.29, 1.82) is 0 Å². The molecule has 1 aromatic carbocycles. The van der Waals surface area contributed by atoms with Crippen molar-refractivity contribution in [2.24, 2.45) is 7.05 Å². The van der Waals surface area contributed by atoms with E-state index in [2.05, 4.69) is 54.0 Å². The Labute approximate surface area is 109 Å². The lowest BCUT2D eigenvalue weighted by Crippen LogP contribution is -2.23. The molecule has 0 aliphatic carbocycles. The normalized spacial score (nSPS) is 11.6. The van der Waals surface area contributed by atoms with Crippen molar-refractivity contribution < 1.29 is 0 Å². The van der Waals surface area contributed by atoms with Gasteiger partial charge in [-0.15, -0.1) is 0 Å². The predicted octanol–water partition coefficient (Wildman–Crippen LogP) is 2.81. The van der Waals surface area contributed by atoms with Gasteiger partial charge in [0.2, 0.25) is 0 Å². The minimum Gasteiger partial charge on any atom is -0.331 e. The standard InChI is InChI=1S/C15H23N3/c1-11(2)16-9-5-6-13-7-8-15-14(10-13)17-12(3)18(15)4/h7-8,10-11,16H,5-6,9H2,1-4H3. The van der Waals surface area contributed by atoms with E-state index in [0.717, 1.165) is 24.3 Å². The molecule has 0 aliphatic heterocycles. The van der Waals surface area contributed by atoms with E-state index >= 15 is 0 Å². The van der Waals surface area contributed by atoms with Gasteiger partial charge >= 0.3 is 0 Å². The second-order valence-corrected chi connectivity index (χ2v) is 5.25. The lowest BCUT2D eigenvalue weighted by molar-refractivity contribution is 0.570. The third kappa shape index (κ3) is 2.91. The van der Waals surface area contributed by atoms with Gasteiger partial charge in [0, 0.05) is 13.1 Å². The van der Waals surface area contributed by atoms with Gasteiger partial charge < -0.3 is 9.88 Å². The molecule has 0 radical (unpaired) electrons. The Bertz CT molecular complexity index is 526. The van der Waals surface area contributed by atoms with Crippen LogP contribution in [-0.2, 0) is 13.5 Å². The van der Waals surface area contributed by atoms with Gasteiger partial charge in [0.05, 0.1) is 11.0 Å². The molecule has 2 aromatic rings. The van der Waals surface area contributed by atoms with E-state index in [4.69, 9.17) is 0 Å². The average Bonchev–Trinajstić information content (AvgIpc) is 2.60. The Morgan fingerprint density at radius 1 is 1.33 bits per heavy atom. The number of nitrogens with zero attached hydrogens (tertiary/aromatic N) is 2. The van der Waals surface area contributed by atoms with E-state index in [-0.39, 0.29) is 0 Å². The summed E-state index contributed by atoms with van der Waals surface area (Å²) in [6.07, 6.45) is 2.29. The number of rotatable bonds is 5. The van der Waals surface area contributed by atoms with E-state index in [1.807, 2.05) is 6.92 Å². The molecule has 0 atom stereocenters. The largest absolute Gasteiger partial charge is 0.331 e. The van der Waals surface area contributed by atoms with Crippen LogP contribution in [0.3, 0.4) is 0 Å². The zero-order valence-electron chi connectivity index (χ0n) is 11.8. The second-order valence-electron chi connectivity index (χ2n) is 5.25. The van der Waals surface area contributed by atoms with Crippen LogP contribution in [0.1, 0.15) is 31.7 Å². The Balaban J connectivity index is 2.02. The molecule has 2 rings (SSSR count). The molecule has 98 valence electrons. The maximum absolute atomic E-state index is 4.58. The van der Waals surface area contributed by atoms with Gasteiger partial charge in [-0.2, -0.15) is 0 Å². The molecule has 0 bridgehead atoms. The summed E-state index contributed by atoms with van der Waals surface area (Å²) in [5.74, 6) is 1.07. The van der Waals surface area contributed by atoms with E-state index in [1.165, 1.54) is 17.5 Å². The van der Waals surface area contributed by atoms with Gasteiger partial charge in [-0.25, -0.2) is 4.98 Å². The van der Waals surface area contributed by atoms with E-state index in [1.54, 1.807) is 0 Å². The van der Waals surface area contributed by atoms with E-state index in [9.17, 15) is 0 Å². The third-order valence-electron chi connectivity index (χ3n) is 3.36. The first-order chi connectivity index (χ1) is 8.58. The molecule has 0 saturated heterocycles. The van der Waals surface area contributed by atoms with Crippen molar-refractivity contribution in [3.05, 3.63) is 29.6 Å². The average molecular weight is 245 g/mol. The van der Waals surface area contributed by atoms with Crippen LogP contribution in [0.4, 0.5) is 0 Å². The SMILES string of the molecule is Cc1nc2cc(CCCNC(C)C)ccc2n1C. The number of fused-ring (bicyclic) bond motifs is 1. The molecule has 18 heavy (non-hydrogen) atoms. The van der Waals surface area contributed by atoms with Crippen LogP contribution in [-0.4, -0.2) is 22.1 Å². The number of hydrogen-bond acceptors (Lipinski definition) is 2. The molecule has 1 N–H and O–H groups in total. The molecule has 0 aliphatic rings. The fraction of sp³-hybridized carbons (Fsp3) is 0.533. The highest BCUT2D eigenvalue weighted by atomic mass is 15.0. The van der Waals surface area contributed by atoms with Gasteiger partial charge in [0.25, 0.3) is 0 Å². The molecule has 0 spiro atoms. The Hall–Kier alpha value is -1.35. The van der Waals surface area contributed by atoms with Crippen molar-refractivity contribution >= 4 is 11.0 Å². The zero-order chi connectivity index (χ0) is 13.1. The molecule has 1 aromatic heterocycles. The summed E-state index contributed by atoms with van der Waals surface area (Å²) in [4.78, 5) is 4.58. The monoisotopic (exact) mass is 245 g/mol. The Morgan fingerprint density at radius 2 is 2.11 bits per heavy atom. The fourth-order valence-corrected chi connectivity index (χ4v) is 2.20. The van der Waals surface area contributed by atoms with E-state index in [0.29, 0.717) is 6.04 Å². The molecule has 0 amide bonds. The maximum Gasteiger partial charge on any atom is 0.106 e. The highest BCUT2D eigenvalue weighted by Crippen LogP contribution is 2.17. The summed E-state index contributed by atoms with van der Waals surface area (Å²) >= 11 is 0. The molecule has 1 heterocycles. The smallest absolute Gasteiger partial charge is 0.106 e. The number of nitrogens with one attached hydrogen (secondary N) is 1. The van der Waals surface area contributed by atoms with Gasteiger partial charge in [0.1, 0.15) is 5.82 Å². The summed E-state index contributed by atoms with van der Waals surface area (Å²) in [5, 5.41) is 3.45. The third-order valence-corrected chi connectivity index (χ3v) is 3.36. The van der Waals surface area contributed by atoms with Crippen molar-refractivity contribution in [2.75, 3.05) is 6.54 Å². The Morgan fingerprint density at radius 3 is 2.83 bits per heavy atom. The van der Waals surface area contributed by atoms with Gasteiger partial charge in [-0.3, -0.25) is 0 Å². The predicted molar refractivity (Wildman–Crippen MR) is 76.9 cm³/mol.